The van der Waals surface area contributed by atoms with Gasteiger partial charge in [0.1, 0.15) is 5.82 Å². The van der Waals surface area contributed by atoms with Gasteiger partial charge in [0.15, 0.2) is 5.65 Å². The lowest BCUT2D eigenvalue weighted by atomic mass is 9.76. The molecular weight excluding hydrogens is 236 g/mol. The molecule has 0 aromatic carbocycles. The Morgan fingerprint density at radius 1 is 1.42 bits per heavy atom. The highest BCUT2D eigenvalue weighted by atomic mass is 15.3. The van der Waals surface area contributed by atoms with E-state index in [4.69, 9.17) is 0 Å². The van der Waals surface area contributed by atoms with Crippen LogP contribution >= 0.6 is 0 Å². The molecule has 3 heterocycles. The zero-order valence-corrected chi connectivity index (χ0v) is 11.8. The maximum Gasteiger partial charge on any atom is 0.161 e. The lowest BCUT2D eigenvalue weighted by molar-refractivity contribution is 0.274. The third-order valence-corrected chi connectivity index (χ3v) is 4.24. The SMILES string of the molecule is CCCC1(c2nnc3cc(C)ccn23)CCCNC1. The summed E-state index contributed by atoms with van der Waals surface area (Å²) < 4.78 is 2.18. The number of hydrogen-bond donors (Lipinski definition) is 1. The first-order chi connectivity index (χ1) is 9.25. The molecule has 0 saturated carbocycles. The number of nitrogens with zero attached hydrogens (tertiary/aromatic N) is 3. The van der Waals surface area contributed by atoms with Gasteiger partial charge < -0.3 is 5.32 Å². The van der Waals surface area contributed by atoms with Crippen LogP contribution < -0.4 is 5.32 Å². The predicted octanol–water partition coefficient (Wildman–Crippen LogP) is 2.46. The molecule has 0 bridgehead atoms. The minimum Gasteiger partial charge on any atom is -0.316 e. The summed E-state index contributed by atoms with van der Waals surface area (Å²) >= 11 is 0. The minimum atomic E-state index is 0.154. The molecule has 1 aliphatic rings. The lowest BCUT2D eigenvalue weighted by Crippen LogP contribution is -2.44. The molecule has 0 amide bonds. The van der Waals surface area contributed by atoms with Crippen molar-refractivity contribution in [3.05, 3.63) is 29.7 Å². The van der Waals surface area contributed by atoms with E-state index < -0.39 is 0 Å². The van der Waals surface area contributed by atoms with Crippen molar-refractivity contribution in [2.45, 2.75) is 44.9 Å². The molecular formula is C15H22N4. The van der Waals surface area contributed by atoms with Gasteiger partial charge in [0.25, 0.3) is 0 Å². The molecule has 3 rings (SSSR count). The number of aryl methyl sites for hydroxylation is 1. The van der Waals surface area contributed by atoms with Gasteiger partial charge in [0.2, 0.25) is 0 Å². The quantitative estimate of drug-likeness (QED) is 0.919. The average molecular weight is 258 g/mol. The third kappa shape index (κ3) is 2.14. The normalized spacial score (nSPS) is 23.9. The number of nitrogens with one attached hydrogen (secondary N) is 1. The van der Waals surface area contributed by atoms with E-state index in [0.29, 0.717) is 0 Å². The number of aromatic nitrogens is 3. The molecule has 1 fully saturated rings. The Morgan fingerprint density at radius 3 is 3.05 bits per heavy atom. The molecule has 19 heavy (non-hydrogen) atoms. The minimum absolute atomic E-state index is 0.154. The van der Waals surface area contributed by atoms with Gasteiger partial charge in [-0.05, 0) is 50.4 Å². The van der Waals surface area contributed by atoms with E-state index in [-0.39, 0.29) is 5.41 Å². The highest BCUT2D eigenvalue weighted by Crippen LogP contribution is 2.34. The highest BCUT2D eigenvalue weighted by Gasteiger charge is 2.37. The van der Waals surface area contributed by atoms with Crippen LogP contribution in [0, 0.1) is 6.92 Å². The topological polar surface area (TPSA) is 42.2 Å². The van der Waals surface area contributed by atoms with Crippen molar-refractivity contribution >= 4 is 5.65 Å². The summed E-state index contributed by atoms with van der Waals surface area (Å²) in [5, 5.41) is 12.4. The van der Waals surface area contributed by atoms with Crippen molar-refractivity contribution in [3.63, 3.8) is 0 Å². The van der Waals surface area contributed by atoms with Crippen LogP contribution in [0.15, 0.2) is 18.3 Å². The van der Waals surface area contributed by atoms with Gasteiger partial charge in [0, 0.05) is 18.2 Å². The first kappa shape index (κ1) is 12.6. The van der Waals surface area contributed by atoms with Gasteiger partial charge in [-0.25, -0.2) is 0 Å². The van der Waals surface area contributed by atoms with Crippen LogP contribution in [-0.4, -0.2) is 27.7 Å². The van der Waals surface area contributed by atoms with Gasteiger partial charge in [-0.2, -0.15) is 0 Å². The van der Waals surface area contributed by atoms with Crippen LogP contribution in [0.2, 0.25) is 0 Å². The Hall–Kier alpha value is -1.42. The Balaban J connectivity index is 2.09. The molecule has 102 valence electrons. The Labute approximate surface area is 114 Å². The van der Waals surface area contributed by atoms with Crippen molar-refractivity contribution in [2.75, 3.05) is 13.1 Å². The van der Waals surface area contributed by atoms with E-state index in [9.17, 15) is 0 Å². The second kappa shape index (κ2) is 4.93. The molecule has 4 nitrogen and oxygen atoms in total. The molecule has 4 heteroatoms. The van der Waals surface area contributed by atoms with Crippen molar-refractivity contribution in [3.8, 4) is 0 Å². The first-order valence-corrected chi connectivity index (χ1v) is 7.28. The number of hydrogen-bond acceptors (Lipinski definition) is 3. The lowest BCUT2D eigenvalue weighted by Gasteiger charge is -2.36. The zero-order chi connectivity index (χ0) is 13.3. The molecule has 0 aliphatic carbocycles. The van der Waals surface area contributed by atoms with E-state index in [1.54, 1.807) is 0 Å². The Kier molecular flexibility index (Phi) is 3.27. The van der Waals surface area contributed by atoms with Gasteiger partial charge in [-0.1, -0.05) is 13.3 Å². The molecule has 1 saturated heterocycles. The first-order valence-electron chi connectivity index (χ1n) is 7.28. The van der Waals surface area contributed by atoms with Crippen LogP contribution in [0.25, 0.3) is 5.65 Å². The third-order valence-electron chi connectivity index (χ3n) is 4.24. The van der Waals surface area contributed by atoms with E-state index in [0.717, 1.165) is 24.6 Å². The molecule has 0 spiro atoms. The summed E-state index contributed by atoms with van der Waals surface area (Å²) in [6.45, 7) is 6.50. The van der Waals surface area contributed by atoms with Gasteiger partial charge in [-0.3, -0.25) is 4.40 Å². The fourth-order valence-electron chi connectivity index (χ4n) is 3.32. The number of rotatable bonds is 3. The largest absolute Gasteiger partial charge is 0.316 e. The summed E-state index contributed by atoms with van der Waals surface area (Å²) in [5.41, 5.74) is 2.36. The molecule has 1 aliphatic heterocycles. The average Bonchev–Trinajstić information content (AvgIpc) is 2.83. The van der Waals surface area contributed by atoms with Crippen LogP contribution in [0.3, 0.4) is 0 Å². The van der Waals surface area contributed by atoms with Crippen molar-refractivity contribution in [1.82, 2.24) is 19.9 Å². The summed E-state index contributed by atoms with van der Waals surface area (Å²) in [4.78, 5) is 0. The van der Waals surface area contributed by atoms with Gasteiger partial charge in [-0.15, -0.1) is 10.2 Å². The van der Waals surface area contributed by atoms with Crippen LogP contribution in [-0.2, 0) is 5.41 Å². The fraction of sp³-hybridized carbons (Fsp3) is 0.600. The molecule has 1 unspecified atom stereocenters. The fourth-order valence-corrected chi connectivity index (χ4v) is 3.32. The van der Waals surface area contributed by atoms with Crippen molar-refractivity contribution < 1.29 is 0 Å². The predicted molar refractivity (Wildman–Crippen MR) is 76.4 cm³/mol. The summed E-state index contributed by atoms with van der Waals surface area (Å²) in [5.74, 6) is 1.14. The molecule has 2 aromatic heterocycles. The molecule has 1 atom stereocenters. The monoisotopic (exact) mass is 258 g/mol. The van der Waals surface area contributed by atoms with Crippen molar-refractivity contribution in [2.24, 2.45) is 0 Å². The second-order valence-electron chi connectivity index (χ2n) is 5.77. The number of pyridine rings is 1. The van der Waals surface area contributed by atoms with Crippen LogP contribution in [0.1, 0.15) is 44.0 Å². The van der Waals surface area contributed by atoms with Crippen molar-refractivity contribution in [1.29, 1.82) is 0 Å². The van der Waals surface area contributed by atoms with E-state index >= 15 is 0 Å². The summed E-state index contributed by atoms with van der Waals surface area (Å²) in [6, 6.07) is 4.24. The summed E-state index contributed by atoms with van der Waals surface area (Å²) in [6.07, 6.45) is 6.91. The smallest absolute Gasteiger partial charge is 0.161 e. The maximum absolute atomic E-state index is 4.52. The van der Waals surface area contributed by atoms with Gasteiger partial charge in [0.05, 0.1) is 0 Å². The van der Waals surface area contributed by atoms with E-state index in [2.05, 4.69) is 52.1 Å². The molecule has 2 aromatic rings. The van der Waals surface area contributed by atoms with E-state index in [1.807, 2.05) is 0 Å². The van der Waals surface area contributed by atoms with Crippen LogP contribution in [0.4, 0.5) is 0 Å². The zero-order valence-electron chi connectivity index (χ0n) is 11.8. The molecule has 0 radical (unpaired) electrons. The highest BCUT2D eigenvalue weighted by molar-refractivity contribution is 5.42. The Bertz CT molecular complexity index is 561. The van der Waals surface area contributed by atoms with E-state index in [1.165, 1.54) is 31.2 Å². The standard InChI is InChI=1S/C15H22N4/c1-3-6-15(7-4-8-16-11-15)14-18-17-13-10-12(2)5-9-19(13)14/h5,9-10,16H,3-4,6-8,11H2,1-2H3. The second-order valence-corrected chi connectivity index (χ2v) is 5.77. The Morgan fingerprint density at radius 2 is 2.32 bits per heavy atom. The maximum atomic E-state index is 4.52. The van der Waals surface area contributed by atoms with Gasteiger partial charge >= 0.3 is 0 Å². The number of piperidine rings is 1. The molecule has 1 N–H and O–H groups in total. The summed E-state index contributed by atoms with van der Waals surface area (Å²) in [7, 11) is 0. The van der Waals surface area contributed by atoms with Crippen LogP contribution in [0.5, 0.6) is 0 Å². The number of fused-ring (bicyclic) bond motifs is 1.